The molecule has 0 spiro atoms. The first-order valence-corrected chi connectivity index (χ1v) is 12.5. The van der Waals surface area contributed by atoms with Crippen molar-refractivity contribution in [3.63, 3.8) is 0 Å². The zero-order valence-corrected chi connectivity index (χ0v) is 21.5. The minimum atomic E-state index is -4.57. The first-order chi connectivity index (χ1) is 16.7. The van der Waals surface area contributed by atoms with Crippen molar-refractivity contribution >= 4 is 50.9 Å². The highest BCUT2D eigenvalue weighted by molar-refractivity contribution is 9.10. The standard InChI is InChI=1S/C23H21BrClF3N4O2S/c1-2-11-32-20(8-5-12-34-19-10-9-15(25)13-17(19)24)30-31-22(32)35-14-21(33)29-18-7-4-3-6-16(18)23(26,27)28/h2-4,6-7,9-10,13H,1,5,8,11-12,14H2,(H,29,33). The predicted octanol–water partition coefficient (Wildman–Crippen LogP) is 6.64. The number of carbonyl (C=O) groups excluding carboxylic acids is 1. The minimum Gasteiger partial charge on any atom is -0.492 e. The third-order valence-electron chi connectivity index (χ3n) is 4.64. The van der Waals surface area contributed by atoms with Gasteiger partial charge in [-0.1, -0.05) is 41.6 Å². The molecule has 3 rings (SSSR count). The fourth-order valence-electron chi connectivity index (χ4n) is 3.08. The van der Waals surface area contributed by atoms with Crippen LogP contribution in [0.5, 0.6) is 5.75 Å². The number of para-hydroxylation sites is 1. The number of halogens is 5. The molecular weight excluding hydrogens is 569 g/mol. The third-order valence-corrected chi connectivity index (χ3v) is 6.46. The van der Waals surface area contributed by atoms with Crippen molar-refractivity contribution in [2.24, 2.45) is 0 Å². The summed E-state index contributed by atoms with van der Waals surface area (Å²) in [6, 6.07) is 10.1. The lowest BCUT2D eigenvalue weighted by atomic mass is 10.1. The SMILES string of the molecule is C=CCn1c(CCCOc2ccc(Cl)cc2Br)nnc1SCC(=O)Nc1ccccc1C(F)(F)F. The molecular formula is C23H21BrClF3N4O2S. The first kappa shape index (κ1) is 27.1. The molecule has 0 aliphatic carbocycles. The Morgan fingerprint density at radius 2 is 2.03 bits per heavy atom. The number of benzene rings is 2. The van der Waals surface area contributed by atoms with Crippen LogP contribution < -0.4 is 10.1 Å². The Labute approximate surface area is 218 Å². The summed E-state index contributed by atoms with van der Waals surface area (Å²) in [5.74, 6) is 0.656. The van der Waals surface area contributed by atoms with Crippen LogP contribution in [0.15, 0.2) is 64.7 Å². The first-order valence-electron chi connectivity index (χ1n) is 10.4. The van der Waals surface area contributed by atoms with E-state index in [0.717, 1.165) is 22.3 Å². The van der Waals surface area contributed by atoms with Gasteiger partial charge in [0, 0.05) is 18.0 Å². The Kier molecular flexibility index (Phi) is 9.64. The number of aromatic nitrogens is 3. The Morgan fingerprint density at radius 3 is 2.74 bits per heavy atom. The van der Waals surface area contributed by atoms with E-state index < -0.39 is 17.6 Å². The van der Waals surface area contributed by atoms with Crippen LogP contribution in [-0.2, 0) is 23.9 Å². The van der Waals surface area contributed by atoms with Crippen molar-refractivity contribution in [3.05, 3.63) is 76.0 Å². The van der Waals surface area contributed by atoms with E-state index in [2.05, 4.69) is 38.0 Å². The second kappa shape index (κ2) is 12.5. The fourth-order valence-corrected chi connectivity index (χ4v) is 4.65. The van der Waals surface area contributed by atoms with Crippen LogP contribution in [0.25, 0.3) is 0 Å². The molecule has 2 aromatic carbocycles. The van der Waals surface area contributed by atoms with Gasteiger partial charge in [0.1, 0.15) is 11.6 Å². The summed E-state index contributed by atoms with van der Waals surface area (Å²) in [5, 5.41) is 11.7. The number of allylic oxidation sites excluding steroid dienone is 1. The smallest absolute Gasteiger partial charge is 0.418 e. The van der Waals surface area contributed by atoms with E-state index in [0.29, 0.717) is 47.7 Å². The van der Waals surface area contributed by atoms with Crippen LogP contribution in [0.3, 0.4) is 0 Å². The van der Waals surface area contributed by atoms with Gasteiger partial charge in [-0.2, -0.15) is 13.2 Å². The number of thioether (sulfide) groups is 1. The van der Waals surface area contributed by atoms with E-state index in [1.807, 2.05) is 4.57 Å². The van der Waals surface area contributed by atoms with E-state index >= 15 is 0 Å². The minimum absolute atomic E-state index is 0.130. The molecule has 0 aliphatic rings. The van der Waals surface area contributed by atoms with Crippen molar-refractivity contribution in [2.45, 2.75) is 30.7 Å². The number of hydrogen-bond acceptors (Lipinski definition) is 5. The number of hydrogen-bond donors (Lipinski definition) is 1. The summed E-state index contributed by atoms with van der Waals surface area (Å²) in [6.45, 7) is 4.60. The largest absolute Gasteiger partial charge is 0.492 e. The van der Waals surface area contributed by atoms with Crippen molar-refractivity contribution in [1.82, 2.24) is 14.8 Å². The number of ether oxygens (including phenoxy) is 1. The topological polar surface area (TPSA) is 69.0 Å². The summed E-state index contributed by atoms with van der Waals surface area (Å²) in [5.41, 5.74) is -1.19. The molecule has 12 heteroatoms. The summed E-state index contributed by atoms with van der Waals surface area (Å²) in [6.07, 6.45) is -1.66. The van der Waals surface area contributed by atoms with Gasteiger partial charge < -0.3 is 14.6 Å². The van der Waals surface area contributed by atoms with Crippen LogP contribution in [0.4, 0.5) is 18.9 Å². The second-order valence-electron chi connectivity index (χ2n) is 7.21. The average Bonchev–Trinajstić information content (AvgIpc) is 3.18. The molecule has 0 saturated carbocycles. The molecule has 1 heterocycles. The number of nitrogens with zero attached hydrogens (tertiary/aromatic N) is 3. The third kappa shape index (κ3) is 7.74. The number of aryl methyl sites for hydroxylation is 1. The molecule has 1 aromatic heterocycles. The van der Waals surface area contributed by atoms with Gasteiger partial charge in [0.05, 0.1) is 28.1 Å². The normalized spacial score (nSPS) is 11.3. The monoisotopic (exact) mass is 588 g/mol. The lowest BCUT2D eigenvalue weighted by Gasteiger charge is -2.13. The molecule has 0 saturated heterocycles. The fraction of sp³-hybridized carbons (Fsp3) is 0.261. The van der Waals surface area contributed by atoms with Crippen molar-refractivity contribution < 1.29 is 22.7 Å². The molecule has 0 unspecified atom stereocenters. The molecule has 6 nitrogen and oxygen atoms in total. The number of rotatable bonds is 11. The van der Waals surface area contributed by atoms with Crippen molar-refractivity contribution in [3.8, 4) is 5.75 Å². The molecule has 1 amide bonds. The van der Waals surface area contributed by atoms with Crippen LogP contribution in [0, 0.1) is 0 Å². The van der Waals surface area contributed by atoms with Gasteiger partial charge in [-0.05, 0) is 52.7 Å². The van der Waals surface area contributed by atoms with Gasteiger partial charge in [-0.25, -0.2) is 0 Å². The molecule has 1 N–H and O–H groups in total. The van der Waals surface area contributed by atoms with Crippen LogP contribution in [0.1, 0.15) is 17.8 Å². The maximum atomic E-state index is 13.1. The maximum absolute atomic E-state index is 13.1. The molecule has 0 atom stereocenters. The molecule has 0 fully saturated rings. The molecule has 0 aliphatic heterocycles. The van der Waals surface area contributed by atoms with Gasteiger partial charge in [0.25, 0.3) is 0 Å². The zero-order chi connectivity index (χ0) is 25.4. The summed E-state index contributed by atoms with van der Waals surface area (Å²) < 4.78 is 47.8. The van der Waals surface area contributed by atoms with Gasteiger partial charge in [0.15, 0.2) is 5.16 Å². The van der Waals surface area contributed by atoms with Crippen molar-refractivity contribution in [2.75, 3.05) is 17.7 Å². The van der Waals surface area contributed by atoms with Crippen LogP contribution in [-0.4, -0.2) is 33.0 Å². The molecule has 35 heavy (non-hydrogen) atoms. The lowest BCUT2D eigenvalue weighted by Crippen LogP contribution is -2.18. The van der Waals surface area contributed by atoms with Crippen molar-refractivity contribution in [1.29, 1.82) is 0 Å². The molecule has 186 valence electrons. The quantitative estimate of drug-likeness (QED) is 0.154. The number of alkyl halides is 3. The highest BCUT2D eigenvalue weighted by atomic mass is 79.9. The Balaban J connectivity index is 1.56. The van der Waals surface area contributed by atoms with E-state index in [4.69, 9.17) is 16.3 Å². The van der Waals surface area contributed by atoms with Gasteiger partial charge >= 0.3 is 6.18 Å². The van der Waals surface area contributed by atoms with Gasteiger partial charge in [-0.3, -0.25) is 4.79 Å². The molecule has 0 radical (unpaired) electrons. The number of carbonyl (C=O) groups is 1. The number of amides is 1. The maximum Gasteiger partial charge on any atom is 0.418 e. The summed E-state index contributed by atoms with van der Waals surface area (Å²) in [4.78, 5) is 12.3. The number of anilines is 1. The van der Waals surface area contributed by atoms with Crippen LogP contribution >= 0.6 is 39.3 Å². The Hall–Kier alpha value is -2.50. The summed E-state index contributed by atoms with van der Waals surface area (Å²) in [7, 11) is 0. The summed E-state index contributed by atoms with van der Waals surface area (Å²) >= 11 is 10.4. The Morgan fingerprint density at radius 1 is 1.26 bits per heavy atom. The average molecular weight is 590 g/mol. The number of nitrogens with one attached hydrogen (secondary N) is 1. The molecule has 3 aromatic rings. The Bertz CT molecular complexity index is 1190. The highest BCUT2D eigenvalue weighted by Crippen LogP contribution is 2.34. The van der Waals surface area contributed by atoms with E-state index in [1.165, 1.54) is 18.2 Å². The highest BCUT2D eigenvalue weighted by Gasteiger charge is 2.33. The van der Waals surface area contributed by atoms with Gasteiger partial charge in [0.2, 0.25) is 5.91 Å². The molecule has 0 bridgehead atoms. The zero-order valence-electron chi connectivity index (χ0n) is 18.3. The predicted molar refractivity (Wildman–Crippen MR) is 134 cm³/mol. The lowest BCUT2D eigenvalue weighted by molar-refractivity contribution is -0.137. The van der Waals surface area contributed by atoms with Crippen LogP contribution in [0.2, 0.25) is 5.02 Å². The van der Waals surface area contributed by atoms with E-state index in [1.54, 1.807) is 24.3 Å². The van der Waals surface area contributed by atoms with E-state index in [9.17, 15) is 18.0 Å². The van der Waals surface area contributed by atoms with Gasteiger partial charge in [-0.15, -0.1) is 16.8 Å². The second-order valence-corrected chi connectivity index (χ2v) is 9.44. The van der Waals surface area contributed by atoms with E-state index in [-0.39, 0.29) is 11.4 Å².